The van der Waals surface area contributed by atoms with Gasteiger partial charge in [-0.3, -0.25) is 4.79 Å². The molecule has 3 nitrogen and oxygen atoms in total. The molecule has 0 spiro atoms. The van der Waals surface area contributed by atoms with E-state index >= 15 is 0 Å². The Bertz CT molecular complexity index is 625. The fraction of sp³-hybridized carbons (Fsp3) is 0.167. The number of hydrogen-bond acceptors (Lipinski definition) is 2. The molecule has 2 aromatic rings. The van der Waals surface area contributed by atoms with Gasteiger partial charge in [0.2, 0.25) is 0 Å². The Balaban J connectivity index is 2.07. The SMILES string of the molecule is C=CCOc1ccc(C(=O)Nc2cc(C)cc(C)c2)cc1. The number of aryl methyl sites for hydroxylation is 2. The second-order valence-electron chi connectivity index (χ2n) is 4.95. The molecule has 0 saturated heterocycles. The molecule has 2 aromatic carbocycles. The summed E-state index contributed by atoms with van der Waals surface area (Å²) in [5.74, 6) is 0.591. The molecule has 2 rings (SSSR count). The van der Waals surface area contributed by atoms with Gasteiger partial charge in [0.15, 0.2) is 0 Å². The fourth-order valence-electron chi connectivity index (χ4n) is 2.11. The number of nitrogens with one attached hydrogen (secondary N) is 1. The van der Waals surface area contributed by atoms with Gasteiger partial charge < -0.3 is 10.1 Å². The zero-order valence-corrected chi connectivity index (χ0v) is 12.3. The van der Waals surface area contributed by atoms with Gasteiger partial charge in [-0.15, -0.1) is 0 Å². The Morgan fingerprint density at radius 3 is 2.33 bits per heavy atom. The minimum Gasteiger partial charge on any atom is -0.490 e. The lowest BCUT2D eigenvalue weighted by atomic mass is 10.1. The third-order valence-electron chi connectivity index (χ3n) is 2.96. The second kappa shape index (κ2) is 6.75. The molecule has 3 heteroatoms. The lowest BCUT2D eigenvalue weighted by molar-refractivity contribution is 0.102. The van der Waals surface area contributed by atoms with Gasteiger partial charge in [0.25, 0.3) is 5.91 Å². The van der Waals surface area contributed by atoms with Crippen molar-refractivity contribution in [2.45, 2.75) is 13.8 Å². The molecule has 0 radical (unpaired) electrons. The zero-order valence-electron chi connectivity index (χ0n) is 12.3. The molecular formula is C18H19NO2. The highest BCUT2D eigenvalue weighted by Crippen LogP contribution is 2.16. The van der Waals surface area contributed by atoms with Crippen LogP contribution in [0.5, 0.6) is 5.75 Å². The number of amides is 1. The van der Waals surface area contributed by atoms with Crippen molar-refractivity contribution in [1.82, 2.24) is 0 Å². The van der Waals surface area contributed by atoms with Crippen molar-refractivity contribution in [3.8, 4) is 5.75 Å². The third-order valence-corrected chi connectivity index (χ3v) is 2.96. The average molecular weight is 281 g/mol. The third kappa shape index (κ3) is 4.21. The maximum absolute atomic E-state index is 12.2. The van der Waals surface area contributed by atoms with E-state index in [1.165, 1.54) is 0 Å². The molecular weight excluding hydrogens is 262 g/mol. The van der Waals surface area contributed by atoms with Crippen LogP contribution in [-0.2, 0) is 0 Å². The van der Waals surface area contributed by atoms with E-state index < -0.39 is 0 Å². The number of carbonyl (C=O) groups is 1. The van der Waals surface area contributed by atoms with Crippen LogP contribution in [0.25, 0.3) is 0 Å². The summed E-state index contributed by atoms with van der Waals surface area (Å²) < 4.78 is 5.39. The summed E-state index contributed by atoms with van der Waals surface area (Å²) in [5, 5.41) is 2.91. The van der Waals surface area contributed by atoms with Crippen LogP contribution in [0.4, 0.5) is 5.69 Å². The maximum atomic E-state index is 12.2. The van der Waals surface area contributed by atoms with Crippen molar-refractivity contribution < 1.29 is 9.53 Å². The quantitative estimate of drug-likeness (QED) is 0.837. The molecule has 0 unspecified atom stereocenters. The predicted molar refractivity (Wildman–Crippen MR) is 86.0 cm³/mol. The summed E-state index contributed by atoms with van der Waals surface area (Å²) >= 11 is 0. The van der Waals surface area contributed by atoms with Gasteiger partial charge in [0, 0.05) is 11.3 Å². The topological polar surface area (TPSA) is 38.3 Å². The first kappa shape index (κ1) is 14.9. The predicted octanol–water partition coefficient (Wildman–Crippen LogP) is 4.12. The average Bonchev–Trinajstić information content (AvgIpc) is 2.44. The van der Waals surface area contributed by atoms with Crippen LogP contribution in [0.3, 0.4) is 0 Å². The number of hydrogen-bond donors (Lipinski definition) is 1. The summed E-state index contributed by atoms with van der Waals surface area (Å²) in [4.78, 5) is 12.2. The lowest BCUT2D eigenvalue weighted by Crippen LogP contribution is -2.12. The van der Waals surface area contributed by atoms with Crippen LogP contribution in [-0.4, -0.2) is 12.5 Å². The maximum Gasteiger partial charge on any atom is 0.255 e. The van der Waals surface area contributed by atoms with Crippen molar-refractivity contribution in [3.05, 3.63) is 71.8 Å². The zero-order chi connectivity index (χ0) is 15.2. The van der Waals surface area contributed by atoms with Gasteiger partial charge in [-0.1, -0.05) is 18.7 Å². The van der Waals surface area contributed by atoms with Crippen LogP contribution in [0.2, 0.25) is 0 Å². The highest BCUT2D eigenvalue weighted by atomic mass is 16.5. The van der Waals surface area contributed by atoms with Crippen LogP contribution in [0.15, 0.2) is 55.1 Å². The highest BCUT2D eigenvalue weighted by molar-refractivity contribution is 6.04. The minimum atomic E-state index is -0.129. The van der Waals surface area contributed by atoms with E-state index in [1.54, 1.807) is 30.3 Å². The summed E-state index contributed by atoms with van der Waals surface area (Å²) in [6.45, 7) is 8.06. The first-order chi connectivity index (χ1) is 10.1. The monoisotopic (exact) mass is 281 g/mol. The first-order valence-corrected chi connectivity index (χ1v) is 6.82. The van der Waals surface area contributed by atoms with Crippen molar-refractivity contribution >= 4 is 11.6 Å². The van der Waals surface area contributed by atoms with Gasteiger partial charge in [0.05, 0.1) is 0 Å². The molecule has 1 N–H and O–H groups in total. The molecule has 0 heterocycles. The summed E-state index contributed by atoms with van der Waals surface area (Å²) in [6.07, 6.45) is 1.68. The van der Waals surface area contributed by atoms with E-state index in [0.29, 0.717) is 12.2 Å². The molecule has 0 atom stereocenters. The van der Waals surface area contributed by atoms with Crippen molar-refractivity contribution in [3.63, 3.8) is 0 Å². The Labute approximate surface area is 125 Å². The van der Waals surface area contributed by atoms with E-state index in [2.05, 4.69) is 18.0 Å². The molecule has 0 fully saturated rings. The standard InChI is InChI=1S/C18H19NO2/c1-4-9-21-17-7-5-15(6-8-17)18(20)19-16-11-13(2)10-14(3)12-16/h4-8,10-12H,1,9H2,2-3H3,(H,19,20). The molecule has 0 bridgehead atoms. The Hall–Kier alpha value is -2.55. The molecule has 0 aliphatic heterocycles. The van der Waals surface area contributed by atoms with Crippen LogP contribution in [0, 0.1) is 13.8 Å². The lowest BCUT2D eigenvalue weighted by Gasteiger charge is -2.08. The summed E-state index contributed by atoms with van der Waals surface area (Å²) in [7, 11) is 0. The largest absolute Gasteiger partial charge is 0.490 e. The van der Waals surface area contributed by atoms with E-state index in [4.69, 9.17) is 4.74 Å². The van der Waals surface area contributed by atoms with Crippen LogP contribution in [0.1, 0.15) is 21.5 Å². The normalized spacial score (nSPS) is 10.0. The van der Waals surface area contributed by atoms with Gasteiger partial charge >= 0.3 is 0 Å². The number of carbonyl (C=O) groups excluding carboxylic acids is 1. The summed E-state index contributed by atoms with van der Waals surface area (Å²) in [5.41, 5.74) is 3.65. The molecule has 0 saturated carbocycles. The molecule has 0 aromatic heterocycles. The van der Waals surface area contributed by atoms with Gasteiger partial charge in [-0.25, -0.2) is 0 Å². The molecule has 108 valence electrons. The number of anilines is 1. The second-order valence-corrected chi connectivity index (χ2v) is 4.95. The summed E-state index contributed by atoms with van der Waals surface area (Å²) in [6, 6.07) is 13.0. The number of benzene rings is 2. The molecule has 0 aliphatic carbocycles. The molecule has 0 aliphatic rings. The Kier molecular flexibility index (Phi) is 4.77. The molecule has 1 amide bonds. The van der Waals surface area contributed by atoms with E-state index in [1.807, 2.05) is 26.0 Å². The van der Waals surface area contributed by atoms with Crippen LogP contribution < -0.4 is 10.1 Å². The van der Waals surface area contributed by atoms with E-state index in [-0.39, 0.29) is 5.91 Å². The van der Waals surface area contributed by atoms with Crippen LogP contribution >= 0.6 is 0 Å². The van der Waals surface area contributed by atoms with Gasteiger partial charge in [-0.2, -0.15) is 0 Å². The first-order valence-electron chi connectivity index (χ1n) is 6.82. The number of ether oxygens (including phenoxy) is 1. The van der Waals surface area contributed by atoms with Crippen molar-refractivity contribution in [2.75, 3.05) is 11.9 Å². The smallest absolute Gasteiger partial charge is 0.255 e. The van der Waals surface area contributed by atoms with Crippen molar-refractivity contribution in [2.24, 2.45) is 0 Å². The Morgan fingerprint density at radius 2 is 1.76 bits per heavy atom. The van der Waals surface area contributed by atoms with E-state index in [9.17, 15) is 4.79 Å². The minimum absolute atomic E-state index is 0.129. The van der Waals surface area contributed by atoms with Gasteiger partial charge in [0.1, 0.15) is 12.4 Å². The molecule has 21 heavy (non-hydrogen) atoms. The number of rotatable bonds is 5. The fourth-order valence-corrected chi connectivity index (χ4v) is 2.11. The highest BCUT2D eigenvalue weighted by Gasteiger charge is 2.07. The van der Waals surface area contributed by atoms with Crippen molar-refractivity contribution in [1.29, 1.82) is 0 Å². The van der Waals surface area contributed by atoms with Gasteiger partial charge in [-0.05, 0) is 61.4 Å². The Morgan fingerprint density at radius 1 is 1.14 bits per heavy atom. The van der Waals surface area contributed by atoms with E-state index in [0.717, 1.165) is 22.6 Å².